The second kappa shape index (κ2) is 41.3. The van der Waals surface area contributed by atoms with Gasteiger partial charge in [-0.2, -0.15) is 5.11 Å². The molecule has 0 fully saturated rings. The largest absolute Gasteiger partial charge is 0.481 e. The Hall–Kier alpha value is -5.81. The number of benzene rings is 1. The van der Waals surface area contributed by atoms with Gasteiger partial charge in [-0.3, -0.25) is 38.4 Å². The lowest BCUT2D eigenvalue weighted by molar-refractivity contribution is -0.145. The van der Waals surface area contributed by atoms with Crippen LogP contribution in [0, 0.1) is 12.8 Å². The molecule has 78 heavy (non-hydrogen) atoms. The van der Waals surface area contributed by atoms with E-state index in [9.17, 15) is 61.8 Å². The van der Waals surface area contributed by atoms with Gasteiger partial charge in [0.25, 0.3) is 5.91 Å². The maximum Gasteiger partial charge on any atom is 0.326 e. The summed E-state index contributed by atoms with van der Waals surface area (Å²) in [7, 11) is -3.76. The van der Waals surface area contributed by atoms with Crippen molar-refractivity contribution >= 4 is 68.5 Å². The maximum absolute atomic E-state index is 12.6. The molecule has 1 aromatic carbocycles. The van der Waals surface area contributed by atoms with Crippen molar-refractivity contribution in [3.8, 4) is 0 Å². The molecule has 0 saturated heterocycles. The van der Waals surface area contributed by atoms with Crippen molar-refractivity contribution in [2.45, 2.75) is 192 Å². The molecule has 1 aliphatic rings. The highest BCUT2D eigenvalue weighted by atomic mass is 32.2. The van der Waals surface area contributed by atoms with Crippen LogP contribution in [0.3, 0.4) is 0 Å². The van der Waals surface area contributed by atoms with E-state index in [1.54, 1.807) is 12.1 Å². The minimum Gasteiger partial charge on any atom is -0.481 e. The minimum absolute atomic E-state index is 0.0421. The molecule has 1 heterocycles. The van der Waals surface area contributed by atoms with Crippen LogP contribution < -0.4 is 21.7 Å². The zero-order chi connectivity index (χ0) is 57.4. The average molecular weight is 1120 g/mol. The lowest BCUT2D eigenvalue weighted by Gasteiger charge is -2.16. The zero-order valence-electron chi connectivity index (χ0n) is 45.8. The predicted molar refractivity (Wildman–Crippen MR) is 292 cm³/mol. The molecule has 0 aliphatic carbocycles. The number of aryl methyl sites for hydroxylation is 1. The van der Waals surface area contributed by atoms with E-state index in [0.717, 1.165) is 49.8 Å². The SMILES string of the molecule is Cc1ccc(C(=O)NCCCCC(NC(=O)COCCOCCCC(=O)CCC(NC(=O)CCC(CC(=O)CCCS(=O)(=O)CC(=O)CCCCCCCCCCCCCCCC2=NN=NC2)C(=O)O)C(=O)O)C(N)=O)cc1. The molecule has 1 aliphatic heterocycles. The number of carbonyl (C=O) groups excluding carboxylic acids is 7. The molecule has 0 aromatic heterocycles. The fourth-order valence-electron chi connectivity index (χ4n) is 8.55. The average Bonchev–Trinajstić information content (AvgIpc) is 3.91. The van der Waals surface area contributed by atoms with Crippen molar-refractivity contribution in [2.24, 2.45) is 27.1 Å². The monoisotopic (exact) mass is 1120 g/mol. The Morgan fingerprint density at radius 3 is 1.83 bits per heavy atom. The van der Waals surface area contributed by atoms with Crippen LogP contribution in [-0.2, 0) is 57.7 Å². The number of carboxylic acid groups (broad SMARTS) is 2. The van der Waals surface area contributed by atoms with E-state index in [0.29, 0.717) is 44.3 Å². The number of amides is 4. The van der Waals surface area contributed by atoms with Gasteiger partial charge in [0.1, 0.15) is 48.3 Å². The van der Waals surface area contributed by atoms with Gasteiger partial charge in [-0.15, -0.1) is 5.10 Å². The minimum atomic E-state index is -3.76. The molecule has 3 atom stereocenters. The van der Waals surface area contributed by atoms with Crippen LogP contribution in [0.5, 0.6) is 0 Å². The number of nitrogens with two attached hydrogens (primary N) is 1. The van der Waals surface area contributed by atoms with Crippen molar-refractivity contribution in [3.05, 3.63) is 35.4 Å². The first kappa shape index (κ1) is 68.3. The smallest absolute Gasteiger partial charge is 0.326 e. The molecule has 22 nitrogen and oxygen atoms in total. The molecule has 0 spiro atoms. The molecular formula is C55H87N7O15S. The van der Waals surface area contributed by atoms with Crippen LogP contribution in [0.1, 0.15) is 189 Å². The number of ether oxygens (including phenoxy) is 2. The topological polar surface area (TPSA) is 346 Å². The number of ketones is 3. The molecule has 438 valence electrons. The van der Waals surface area contributed by atoms with Crippen LogP contribution in [0.2, 0.25) is 0 Å². The zero-order valence-corrected chi connectivity index (χ0v) is 46.6. The summed E-state index contributed by atoms with van der Waals surface area (Å²) < 4.78 is 35.9. The quantitative estimate of drug-likeness (QED) is 0.0381. The third-order valence-corrected chi connectivity index (χ3v) is 14.8. The first-order valence-electron chi connectivity index (χ1n) is 27.9. The number of carboxylic acids is 2. The Morgan fingerprint density at radius 1 is 0.615 bits per heavy atom. The van der Waals surface area contributed by atoms with Gasteiger partial charge >= 0.3 is 11.9 Å². The number of nitrogens with one attached hydrogen (secondary N) is 3. The van der Waals surface area contributed by atoms with E-state index in [4.69, 9.17) is 15.2 Å². The molecule has 2 rings (SSSR count). The van der Waals surface area contributed by atoms with E-state index in [-0.39, 0.29) is 95.3 Å². The van der Waals surface area contributed by atoms with Crippen molar-refractivity contribution in [1.29, 1.82) is 0 Å². The van der Waals surface area contributed by atoms with Crippen LogP contribution >= 0.6 is 0 Å². The Morgan fingerprint density at radius 2 is 1.22 bits per heavy atom. The molecule has 23 heteroatoms. The highest BCUT2D eigenvalue weighted by Gasteiger charge is 2.26. The lowest BCUT2D eigenvalue weighted by Crippen LogP contribution is -2.45. The number of nitrogens with zero attached hydrogens (tertiary/aromatic N) is 3. The van der Waals surface area contributed by atoms with Crippen molar-refractivity contribution in [2.75, 3.05) is 51.0 Å². The van der Waals surface area contributed by atoms with E-state index >= 15 is 0 Å². The van der Waals surface area contributed by atoms with Gasteiger partial charge in [0, 0.05) is 57.2 Å². The van der Waals surface area contributed by atoms with Crippen molar-refractivity contribution < 1.29 is 71.3 Å². The Balaban J connectivity index is 1.49. The number of aliphatic carboxylic acids is 2. The van der Waals surface area contributed by atoms with E-state index in [1.807, 2.05) is 19.1 Å². The summed E-state index contributed by atoms with van der Waals surface area (Å²) >= 11 is 0. The maximum atomic E-state index is 12.6. The number of carbonyl (C=O) groups is 9. The normalized spacial score (nSPS) is 13.3. The van der Waals surface area contributed by atoms with Gasteiger partial charge in [-0.25, -0.2) is 13.2 Å². The van der Waals surface area contributed by atoms with Gasteiger partial charge in [0.15, 0.2) is 9.84 Å². The fourth-order valence-corrected chi connectivity index (χ4v) is 9.92. The first-order valence-corrected chi connectivity index (χ1v) is 29.7. The van der Waals surface area contributed by atoms with Crippen LogP contribution in [0.25, 0.3) is 0 Å². The summed E-state index contributed by atoms with van der Waals surface area (Å²) in [4.78, 5) is 110. The molecule has 1 aromatic rings. The van der Waals surface area contributed by atoms with Crippen LogP contribution in [-0.4, -0.2) is 140 Å². The second-order valence-corrected chi connectivity index (χ2v) is 22.3. The Labute approximate surface area is 460 Å². The number of rotatable bonds is 50. The number of hydrogen-bond donors (Lipinski definition) is 6. The Bertz CT molecular complexity index is 2210. The second-order valence-electron chi connectivity index (χ2n) is 20.1. The number of Topliss-reactive ketones (excluding diaryl/α,β-unsaturated/α-hetero) is 3. The van der Waals surface area contributed by atoms with Gasteiger partial charge in [0.2, 0.25) is 17.7 Å². The van der Waals surface area contributed by atoms with Crippen molar-refractivity contribution in [3.63, 3.8) is 0 Å². The van der Waals surface area contributed by atoms with Crippen LogP contribution in [0.4, 0.5) is 0 Å². The number of hydrogen-bond acceptors (Lipinski definition) is 16. The summed E-state index contributed by atoms with van der Waals surface area (Å²) in [6.45, 7) is 2.93. The van der Waals surface area contributed by atoms with E-state index < -0.39 is 87.6 Å². The summed E-state index contributed by atoms with van der Waals surface area (Å²) in [6, 6.07) is 4.82. The third-order valence-electron chi connectivity index (χ3n) is 13.2. The summed E-state index contributed by atoms with van der Waals surface area (Å²) in [5.74, 6) is -8.41. The molecule has 4 amide bonds. The molecule has 7 N–H and O–H groups in total. The molecule has 0 radical (unpaired) electrons. The molecular weight excluding hydrogens is 1030 g/mol. The number of primary amides is 1. The number of unbranched alkanes of at least 4 members (excludes halogenated alkanes) is 13. The molecule has 0 saturated carbocycles. The third kappa shape index (κ3) is 34.9. The predicted octanol–water partition coefficient (Wildman–Crippen LogP) is 6.47. The number of sulfone groups is 1. The highest BCUT2D eigenvalue weighted by molar-refractivity contribution is 7.92. The van der Waals surface area contributed by atoms with Gasteiger partial charge in [-0.05, 0) is 88.5 Å². The van der Waals surface area contributed by atoms with Crippen molar-refractivity contribution in [1.82, 2.24) is 16.0 Å². The standard InChI is InChI=1S/C55H87N7O15S/c1-41-24-26-42(27-25-41)53(69)57-32-16-15-23-48(52(56)68)59-51(67)39-77-35-34-76-33-17-21-45(63)29-30-49(55(72)73)60-50(66)31-28-43(54(70)71)37-46(64)22-18-36-78(74,75)40-47(65)20-14-12-10-8-6-4-2-3-5-7-9-11-13-19-44-38-58-62-61-44/h24-27,43,48-49H,2-23,28-40H2,1H3,(H2,56,68)(H,57,69)(H,59,67)(H,60,66)(H,70,71)(H,72,73). The van der Waals surface area contributed by atoms with Gasteiger partial charge in [-0.1, -0.05) is 88.3 Å². The summed E-state index contributed by atoms with van der Waals surface area (Å²) in [5, 5.41) is 38.5. The van der Waals surface area contributed by atoms with E-state index in [1.165, 1.54) is 44.9 Å². The summed E-state index contributed by atoms with van der Waals surface area (Å²) in [5.41, 5.74) is 8.12. The first-order chi connectivity index (χ1) is 37.3. The summed E-state index contributed by atoms with van der Waals surface area (Å²) in [6.07, 6.45) is 15.5. The fraction of sp³-hybridized carbons (Fsp3) is 0.709. The van der Waals surface area contributed by atoms with Gasteiger partial charge < -0.3 is 41.4 Å². The van der Waals surface area contributed by atoms with Gasteiger partial charge in [0.05, 0.1) is 30.6 Å². The lowest BCUT2D eigenvalue weighted by atomic mass is 9.95. The van der Waals surface area contributed by atoms with E-state index in [2.05, 4.69) is 31.4 Å². The van der Waals surface area contributed by atoms with Crippen LogP contribution in [0.15, 0.2) is 39.7 Å². The Kier molecular flexibility index (Phi) is 36.1. The highest BCUT2D eigenvalue weighted by Crippen LogP contribution is 2.17. The molecule has 3 unspecified atom stereocenters. The molecule has 0 bridgehead atoms.